The third-order valence-corrected chi connectivity index (χ3v) is 4.73. The molecular formula is C15H30N2. The molecule has 0 aromatic heterocycles. The SMILES string of the molecule is C[C@@H](NC1CCCN(C)C1)C1CCCCCC1. The Hall–Kier alpha value is -0.0800. The van der Waals surface area contributed by atoms with Crippen LogP contribution in [-0.2, 0) is 0 Å². The number of likely N-dealkylation sites (N-methyl/N-ethyl adjacent to an activating group) is 1. The van der Waals surface area contributed by atoms with E-state index in [9.17, 15) is 0 Å². The van der Waals surface area contributed by atoms with Gasteiger partial charge >= 0.3 is 0 Å². The zero-order chi connectivity index (χ0) is 12.1. The van der Waals surface area contributed by atoms with Gasteiger partial charge in [0.1, 0.15) is 0 Å². The second-order valence-electron chi connectivity index (χ2n) is 6.31. The molecule has 1 saturated carbocycles. The Kier molecular flexibility index (Phi) is 5.30. The Balaban J connectivity index is 1.76. The van der Waals surface area contributed by atoms with Crippen LogP contribution in [0.4, 0.5) is 0 Å². The number of likely N-dealkylation sites (tertiary alicyclic amines) is 1. The predicted molar refractivity (Wildman–Crippen MR) is 74.3 cm³/mol. The summed E-state index contributed by atoms with van der Waals surface area (Å²) in [5.41, 5.74) is 0. The van der Waals surface area contributed by atoms with Crippen LogP contribution < -0.4 is 5.32 Å². The van der Waals surface area contributed by atoms with E-state index in [0.29, 0.717) is 0 Å². The Labute approximate surface area is 107 Å². The molecule has 1 aliphatic heterocycles. The average Bonchev–Trinajstić information content (AvgIpc) is 2.57. The molecule has 0 radical (unpaired) electrons. The van der Waals surface area contributed by atoms with Crippen molar-refractivity contribution >= 4 is 0 Å². The second-order valence-corrected chi connectivity index (χ2v) is 6.31. The van der Waals surface area contributed by atoms with Crippen molar-refractivity contribution in [2.45, 2.75) is 70.4 Å². The van der Waals surface area contributed by atoms with Crippen molar-refractivity contribution in [3.8, 4) is 0 Å². The van der Waals surface area contributed by atoms with Crippen molar-refractivity contribution in [1.82, 2.24) is 10.2 Å². The van der Waals surface area contributed by atoms with E-state index in [2.05, 4.69) is 24.2 Å². The maximum atomic E-state index is 3.91. The monoisotopic (exact) mass is 238 g/mol. The highest BCUT2D eigenvalue weighted by Gasteiger charge is 2.23. The number of piperidine rings is 1. The molecule has 0 aromatic rings. The molecule has 2 aliphatic rings. The summed E-state index contributed by atoms with van der Waals surface area (Å²) in [4.78, 5) is 2.47. The van der Waals surface area contributed by atoms with Crippen LogP contribution in [0.5, 0.6) is 0 Å². The summed E-state index contributed by atoms with van der Waals surface area (Å²) in [5.74, 6) is 0.935. The van der Waals surface area contributed by atoms with E-state index >= 15 is 0 Å². The molecule has 1 aliphatic carbocycles. The maximum Gasteiger partial charge on any atom is 0.0197 e. The molecule has 100 valence electrons. The van der Waals surface area contributed by atoms with Gasteiger partial charge in [-0.1, -0.05) is 25.7 Å². The fraction of sp³-hybridized carbons (Fsp3) is 1.00. The van der Waals surface area contributed by atoms with Crippen LogP contribution in [-0.4, -0.2) is 37.1 Å². The van der Waals surface area contributed by atoms with Crippen LogP contribution in [0.1, 0.15) is 58.3 Å². The molecule has 2 atom stereocenters. The minimum absolute atomic E-state index is 0.726. The lowest BCUT2D eigenvalue weighted by molar-refractivity contribution is 0.200. The van der Waals surface area contributed by atoms with Gasteiger partial charge in [0, 0.05) is 18.6 Å². The highest BCUT2D eigenvalue weighted by Crippen LogP contribution is 2.26. The van der Waals surface area contributed by atoms with Crippen LogP contribution in [0.3, 0.4) is 0 Å². The van der Waals surface area contributed by atoms with E-state index in [1.807, 2.05) is 0 Å². The van der Waals surface area contributed by atoms with E-state index in [-0.39, 0.29) is 0 Å². The van der Waals surface area contributed by atoms with Gasteiger partial charge < -0.3 is 10.2 Å². The first-order valence-electron chi connectivity index (χ1n) is 7.70. The fourth-order valence-corrected chi connectivity index (χ4v) is 3.62. The third kappa shape index (κ3) is 4.26. The van der Waals surface area contributed by atoms with Gasteiger partial charge in [-0.2, -0.15) is 0 Å². The molecule has 17 heavy (non-hydrogen) atoms. The second kappa shape index (κ2) is 6.75. The van der Waals surface area contributed by atoms with Crippen LogP contribution in [0.15, 0.2) is 0 Å². The molecule has 0 spiro atoms. The molecule has 0 bridgehead atoms. The Bertz CT molecular complexity index is 209. The molecule has 2 heteroatoms. The van der Waals surface area contributed by atoms with Gasteiger partial charge in [0.25, 0.3) is 0 Å². The highest BCUT2D eigenvalue weighted by molar-refractivity contribution is 4.82. The van der Waals surface area contributed by atoms with Crippen molar-refractivity contribution in [3.05, 3.63) is 0 Å². The summed E-state index contributed by atoms with van der Waals surface area (Å²) in [6.07, 6.45) is 11.5. The number of rotatable bonds is 3. The van der Waals surface area contributed by atoms with Gasteiger partial charge in [-0.3, -0.25) is 0 Å². The minimum Gasteiger partial charge on any atom is -0.310 e. The van der Waals surface area contributed by atoms with Crippen LogP contribution in [0.2, 0.25) is 0 Å². The first-order chi connectivity index (χ1) is 8.25. The van der Waals surface area contributed by atoms with Gasteiger partial charge in [0.05, 0.1) is 0 Å². The maximum absolute atomic E-state index is 3.91. The van der Waals surface area contributed by atoms with E-state index in [4.69, 9.17) is 0 Å². The average molecular weight is 238 g/mol. The lowest BCUT2D eigenvalue weighted by Gasteiger charge is -2.34. The van der Waals surface area contributed by atoms with Gasteiger partial charge in [-0.25, -0.2) is 0 Å². The molecule has 1 N–H and O–H groups in total. The predicted octanol–water partition coefficient (Wildman–Crippen LogP) is 3.03. The summed E-state index contributed by atoms with van der Waals surface area (Å²) in [7, 11) is 2.25. The van der Waals surface area contributed by atoms with Crippen LogP contribution in [0, 0.1) is 5.92 Å². The summed E-state index contributed by atoms with van der Waals surface area (Å²) in [6, 6.07) is 1.47. The quantitative estimate of drug-likeness (QED) is 0.760. The summed E-state index contributed by atoms with van der Waals surface area (Å²) >= 11 is 0. The van der Waals surface area contributed by atoms with Crippen LogP contribution in [0.25, 0.3) is 0 Å². The standard InChI is InChI=1S/C15H30N2/c1-13(14-8-5-3-4-6-9-14)16-15-10-7-11-17(2)12-15/h13-16H,3-12H2,1-2H3/t13-,15?/m1/s1. The third-order valence-electron chi connectivity index (χ3n) is 4.73. The Morgan fingerprint density at radius 2 is 1.71 bits per heavy atom. The molecular weight excluding hydrogens is 208 g/mol. The summed E-state index contributed by atoms with van der Waals surface area (Å²) < 4.78 is 0. The van der Waals surface area contributed by atoms with Crippen LogP contribution >= 0.6 is 0 Å². The highest BCUT2D eigenvalue weighted by atomic mass is 15.1. The lowest BCUT2D eigenvalue weighted by Crippen LogP contribution is -2.49. The van der Waals surface area contributed by atoms with Gasteiger partial charge in [-0.05, 0) is 52.1 Å². The zero-order valence-corrected chi connectivity index (χ0v) is 11.8. The fourth-order valence-electron chi connectivity index (χ4n) is 3.62. The van der Waals surface area contributed by atoms with Gasteiger partial charge in [0.15, 0.2) is 0 Å². The summed E-state index contributed by atoms with van der Waals surface area (Å²) in [5, 5.41) is 3.91. The van der Waals surface area contributed by atoms with Crippen molar-refractivity contribution < 1.29 is 0 Å². The largest absolute Gasteiger partial charge is 0.310 e. The Morgan fingerprint density at radius 3 is 2.35 bits per heavy atom. The molecule has 2 rings (SSSR count). The molecule has 2 fully saturated rings. The normalized spacial score (nSPS) is 31.1. The molecule has 0 aromatic carbocycles. The molecule has 2 nitrogen and oxygen atoms in total. The Morgan fingerprint density at radius 1 is 1.00 bits per heavy atom. The van der Waals surface area contributed by atoms with Gasteiger partial charge in [0.2, 0.25) is 0 Å². The van der Waals surface area contributed by atoms with Crippen molar-refractivity contribution in [2.24, 2.45) is 5.92 Å². The van der Waals surface area contributed by atoms with Gasteiger partial charge in [-0.15, -0.1) is 0 Å². The number of nitrogens with one attached hydrogen (secondary N) is 1. The number of hydrogen-bond acceptors (Lipinski definition) is 2. The van der Waals surface area contributed by atoms with E-state index < -0.39 is 0 Å². The molecule has 1 heterocycles. The van der Waals surface area contributed by atoms with Crippen molar-refractivity contribution in [2.75, 3.05) is 20.1 Å². The summed E-state index contributed by atoms with van der Waals surface area (Å²) in [6.45, 7) is 4.96. The molecule has 0 amide bonds. The van der Waals surface area contributed by atoms with E-state index in [0.717, 1.165) is 18.0 Å². The lowest BCUT2D eigenvalue weighted by atomic mass is 9.91. The topological polar surface area (TPSA) is 15.3 Å². The zero-order valence-electron chi connectivity index (χ0n) is 11.8. The first kappa shape index (κ1) is 13.4. The molecule has 1 unspecified atom stereocenters. The number of nitrogens with zero attached hydrogens (tertiary/aromatic N) is 1. The smallest absolute Gasteiger partial charge is 0.0197 e. The van der Waals surface area contributed by atoms with Crippen molar-refractivity contribution in [3.63, 3.8) is 0 Å². The van der Waals surface area contributed by atoms with Crippen molar-refractivity contribution in [1.29, 1.82) is 0 Å². The van der Waals surface area contributed by atoms with E-state index in [1.165, 1.54) is 64.5 Å². The van der Waals surface area contributed by atoms with E-state index in [1.54, 1.807) is 0 Å². The molecule has 1 saturated heterocycles. The number of hydrogen-bond donors (Lipinski definition) is 1. The first-order valence-corrected chi connectivity index (χ1v) is 7.70. The minimum atomic E-state index is 0.726.